The summed E-state index contributed by atoms with van der Waals surface area (Å²) in [6.07, 6.45) is 1.46. The smallest absolute Gasteiger partial charge is 0.348 e. The van der Waals surface area contributed by atoms with Gasteiger partial charge in [-0.05, 0) is 48.0 Å². The second-order valence-electron chi connectivity index (χ2n) is 4.51. The first kappa shape index (κ1) is 16.1. The zero-order valence-corrected chi connectivity index (χ0v) is 12.8. The minimum atomic E-state index is -0.661. The van der Waals surface area contributed by atoms with E-state index in [2.05, 4.69) is 4.74 Å². The molecule has 0 unspecified atom stereocenters. The molecule has 116 valence electrons. The van der Waals surface area contributed by atoms with Gasteiger partial charge in [-0.3, -0.25) is 0 Å². The number of esters is 1. The molecule has 0 aromatic heterocycles. The van der Waals surface area contributed by atoms with Gasteiger partial charge in [-0.25, -0.2) is 4.79 Å². The monoisotopic (exact) mass is 309 g/mol. The van der Waals surface area contributed by atoms with Gasteiger partial charge in [-0.2, -0.15) is 5.26 Å². The third kappa shape index (κ3) is 4.35. The number of benzene rings is 2. The Bertz CT molecular complexity index is 740. The summed E-state index contributed by atoms with van der Waals surface area (Å²) in [7, 11) is 2.84. The summed E-state index contributed by atoms with van der Waals surface area (Å²) in [5.74, 6) is 1.42. The Hall–Kier alpha value is -3.26. The van der Waals surface area contributed by atoms with Crippen LogP contribution in [-0.4, -0.2) is 20.2 Å². The maximum absolute atomic E-state index is 11.4. The molecule has 2 aromatic carbocycles. The standard InChI is InChI=1S/C18H15NO4/c1-21-15-7-9-17(10-8-15)23-16-5-3-13(4-6-16)11-14(12-19)18(20)22-2/h3-11H,1-2H3/b14-11-. The number of carbonyl (C=O) groups is 1. The van der Waals surface area contributed by atoms with Gasteiger partial charge in [-0.1, -0.05) is 12.1 Å². The molecule has 0 heterocycles. The van der Waals surface area contributed by atoms with Crippen LogP contribution in [0, 0.1) is 11.3 Å². The second-order valence-corrected chi connectivity index (χ2v) is 4.51. The molecular weight excluding hydrogens is 294 g/mol. The number of ether oxygens (including phenoxy) is 3. The maximum atomic E-state index is 11.4. The minimum absolute atomic E-state index is 0.0590. The Balaban J connectivity index is 2.11. The van der Waals surface area contributed by atoms with Gasteiger partial charge in [0, 0.05) is 0 Å². The van der Waals surface area contributed by atoms with Crippen molar-refractivity contribution in [2.24, 2.45) is 0 Å². The van der Waals surface area contributed by atoms with Gasteiger partial charge < -0.3 is 14.2 Å². The largest absolute Gasteiger partial charge is 0.497 e. The SMILES string of the molecule is COC(=O)/C(C#N)=C\c1ccc(Oc2ccc(OC)cc2)cc1. The molecule has 0 aliphatic carbocycles. The molecule has 0 radical (unpaired) electrons. The van der Waals surface area contributed by atoms with Crippen LogP contribution in [0.4, 0.5) is 0 Å². The van der Waals surface area contributed by atoms with Crippen LogP contribution < -0.4 is 9.47 Å². The molecule has 5 heteroatoms. The van der Waals surface area contributed by atoms with E-state index in [4.69, 9.17) is 14.7 Å². The van der Waals surface area contributed by atoms with E-state index in [-0.39, 0.29) is 5.57 Å². The van der Waals surface area contributed by atoms with E-state index in [0.717, 1.165) is 5.75 Å². The molecule has 0 saturated carbocycles. The lowest BCUT2D eigenvalue weighted by Crippen LogP contribution is -2.02. The molecule has 0 spiro atoms. The number of rotatable bonds is 5. The quantitative estimate of drug-likeness (QED) is 0.480. The Morgan fingerprint density at radius 3 is 1.96 bits per heavy atom. The second kappa shape index (κ2) is 7.66. The zero-order chi connectivity index (χ0) is 16.7. The predicted octanol–water partition coefficient (Wildman–Crippen LogP) is 3.57. The highest BCUT2D eigenvalue weighted by atomic mass is 16.5. The molecule has 0 N–H and O–H groups in total. The summed E-state index contributed by atoms with van der Waals surface area (Å²) in [5.41, 5.74) is 0.644. The Morgan fingerprint density at radius 2 is 1.48 bits per heavy atom. The molecular formula is C18H15NO4. The van der Waals surface area contributed by atoms with Gasteiger partial charge >= 0.3 is 5.97 Å². The van der Waals surface area contributed by atoms with Crippen molar-refractivity contribution in [3.05, 3.63) is 59.7 Å². The van der Waals surface area contributed by atoms with Crippen LogP contribution >= 0.6 is 0 Å². The van der Waals surface area contributed by atoms with Crippen LogP contribution in [-0.2, 0) is 9.53 Å². The normalized spacial score (nSPS) is 10.6. The Labute approximate surface area is 134 Å². The Morgan fingerprint density at radius 1 is 0.957 bits per heavy atom. The Kier molecular flexibility index (Phi) is 5.37. The highest BCUT2D eigenvalue weighted by molar-refractivity contribution is 5.97. The molecule has 0 saturated heterocycles. The number of hydrogen-bond acceptors (Lipinski definition) is 5. The third-order valence-corrected chi connectivity index (χ3v) is 3.01. The van der Waals surface area contributed by atoms with Crippen molar-refractivity contribution in [1.82, 2.24) is 0 Å². The average Bonchev–Trinajstić information content (AvgIpc) is 2.61. The van der Waals surface area contributed by atoms with Crippen molar-refractivity contribution in [3.8, 4) is 23.3 Å². The van der Waals surface area contributed by atoms with Crippen LogP contribution in [0.15, 0.2) is 54.1 Å². The number of nitrogens with zero attached hydrogens (tertiary/aromatic N) is 1. The topological polar surface area (TPSA) is 68.6 Å². The summed E-state index contributed by atoms with van der Waals surface area (Å²) < 4.78 is 15.3. The van der Waals surface area contributed by atoms with Crippen LogP contribution in [0.5, 0.6) is 17.2 Å². The lowest BCUT2D eigenvalue weighted by Gasteiger charge is -2.07. The van der Waals surface area contributed by atoms with Crippen molar-refractivity contribution in [3.63, 3.8) is 0 Å². The van der Waals surface area contributed by atoms with E-state index < -0.39 is 5.97 Å². The predicted molar refractivity (Wildman–Crippen MR) is 85.1 cm³/mol. The summed E-state index contributed by atoms with van der Waals surface area (Å²) in [6, 6.07) is 16.0. The van der Waals surface area contributed by atoms with Crippen molar-refractivity contribution < 1.29 is 19.0 Å². The first-order valence-corrected chi connectivity index (χ1v) is 6.78. The lowest BCUT2D eigenvalue weighted by atomic mass is 10.1. The first-order valence-electron chi connectivity index (χ1n) is 6.78. The fraction of sp³-hybridized carbons (Fsp3) is 0.111. The number of hydrogen-bond donors (Lipinski definition) is 0. The van der Waals surface area contributed by atoms with Gasteiger partial charge in [0.15, 0.2) is 0 Å². The molecule has 5 nitrogen and oxygen atoms in total. The molecule has 2 rings (SSSR count). The van der Waals surface area contributed by atoms with E-state index in [9.17, 15) is 4.79 Å². The number of carbonyl (C=O) groups excluding carboxylic acids is 1. The van der Waals surface area contributed by atoms with E-state index >= 15 is 0 Å². The number of methoxy groups -OCH3 is 2. The van der Waals surface area contributed by atoms with Crippen LogP contribution in [0.3, 0.4) is 0 Å². The van der Waals surface area contributed by atoms with E-state index in [1.807, 2.05) is 18.2 Å². The lowest BCUT2D eigenvalue weighted by molar-refractivity contribution is -0.135. The van der Waals surface area contributed by atoms with E-state index in [0.29, 0.717) is 17.1 Å². The molecule has 0 bridgehead atoms. The van der Waals surface area contributed by atoms with Gasteiger partial charge in [-0.15, -0.1) is 0 Å². The van der Waals surface area contributed by atoms with Gasteiger partial charge in [0.05, 0.1) is 14.2 Å². The van der Waals surface area contributed by atoms with Gasteiger partial charge in [0.2, 0.25) is 0 Å². The highest BCUT2D eigenvalue weighted by Gasteiger charge is 2.08. The van der Waals surface area contributed by atoms with E-state index in [1.165, 1.54) is 13.2 Å². The maximum Gasteiger partial charge on any atom is 0.348 e. The van der Waals surface area contributed by atoms with Gasteiger partial charge in [0.1, 0.15) is 28.9 Å². The van der Waals surface area contributed by atoms with Gasteiger partial charge in [0.25, 0.3) is 0 Å². The zero-order valence-electron chi connectivity index (χ0n) is 12.8. The van der Waals surface area contributed by atoms with Crippen LogP contribution in [0.1, 0.15) is 5.56 Å². The molecule has 0 aliphatic heterocycles. The van der Waals surface area contributed by atoms with E-state index in [1.54, 1.807) is 43.5 Å². The van der Waals surface area contributed by atoms with Crippen molar-refractivity contribution in [1.29, 1.82) is 5.26 Å². The molecule has 0 aliphatic rings. The summed E-state index contributed by atoms with van der Waals surface area (Å²) >= 11 is 0. The summed E-state index contributed by atoms with van der Waals surface area (Å²) in [5, 5.41) is 8.93. The van der Waals surface area contributed by atoms with Crippen molar-refractivity contribution in [2.75, 3.05) is 14.2 Å². The molecule has 0 fully saturated rings. The molecule has 23 heavy (non-hydrogen) atoms. The van der Waals surface area contributed by atoms with Crippen molar-refractivity contribution in [2.45, 2.75) is 0 Å². The fourth-order valence-electron chi connectivity index (χ4n) is 1.83. The minimum Gasteiger partial charge on any atom is -0.497 e. The highest BCUT2D eigenvalue weighted by Crippen LogP contribution is 2.24. The van der Waals surface area contributed by atoms with Crippen LogP contribution in [0.25, 0.3) is 6.08 Å². The van der Waals surface area contributed by atoms with Crippen LogP contribution in [0.2, 0.25) is 0 Å². The molecule has 2 aromatic rings. The molecule has 0 amide bonds. The first-order chi connectivity index (χ1) is 11.2. The van der Waals surface area contributed by atoms with Crippen molar-refractivity contribution >= 4 is 12.0 Å². The average molecular weight is 309 g/mol. The number of nitriles is 1. The summed E-state index contributed by atoms with van der Waals surface area (Å²) in [4.78, 5) is 11.4. The molecule has 0 atom stereocenters. The third-order valence-electron chi connectivity index (χ3n) is 3.01. The fourth-order valence-corrected chi connectivity index (χ4v) is 1.83. The summed E-state index contributed by atoms with van der Waals surface area (Å²) in [6.45, 7) is 0.